The molecule has 0 bridgehead atoms. The lowest BCUT2D eigenvalue weighted by molar-refractivity contribution is 0.0945. The number of carbonyl (C=O) groups excluding carboxylic acids is 1. The highest BCUT2D eigenvalue weighted by molar-refractivity contribution is 7.13. The minimum atomic E-state index is -0.911. The Labute approximate surface area is 166 Å². The van der Waals surface area contributed by atoms with Gasteiger partial charge in [0.25, 0.3) is 5.91 Å². The number of carbonyl (C=O) groups is 1. The van der Waals surface area contributed by atoms with Gasteiger partial charge >= 0.3 is 0 Å². The molecule has 0 aliphatic carbocycles. The number of hydrogen-bond acceptors (Lipinski definition) is 4. The van der Waals surface area contributed by atoms with Crippen molar-refractivity contribution in [3.8, 4) is 16.3 Å². The van der Waals surface area contributed by atoms with Crippen LogP contribution in [0.3, 0.4) is 0 Å². The summed E-state index contributed by atoms with van der Waals surface area (Å²) in [5.74, 6) is -1.11. The predicted octanol–water partition coefficient (Wildman–Crippen LogP) is 5.05. The number of nitrogens with zero attached hydrogens (tertiary/aromatic N) is 1. The first-order valence-corrected chi connectivity index (χ1v) is 9.72. The number of hydrogen-bond donors (Lipinski definition) is 1. The largest absolute Gasteiger partial charge is 0.488 e. The predicted molar refractivity (Wildman–Crippen MR) is 105 cm³/mol. The van der Waals surface area contributed by atoms with Gasteiger partial charge in [0.1, 0.15) is 23.1 Å². The molecule has 0 unspecified atom stereocenters. The second kappa shape index (κ2) is 8.93. The molecule has 0 spiro atoms. The molecule has 1 N–H and O–H groups in total. The number of benzene rings is 2. The summed E-state index contributed by atoms with van der Waals surface area (Å²) in [6.07, 6.45) is 0. The van der Waals surface area contributed by atoms with Gasteiger partial charge in [0.15, 0.2) is 11.6 Å². The molecule has 0 saturated heterocycles. The average molecular weight is 402 g/mol. The highest BCUT2D eigenvalue weighted by Gasteiger charge is 2.15. The summed E-state index contributed by atoms with van der Waals surface area (Å²) in [6.45, 7) is 4.71. The molecule has 4 nitrogen and oxygen atoms in total. The molecule has 0 saturated carbocycles. The molecule has 2 aromatic carbocycles. The number of halogens is 2. The summed E-state index contributed by atoms with van der Waals surface area (Å²) in [5, 5.41) is 5.20. The maximum Gasteiger partial charge on any atom is 0.270 e. The lowest BCUT2D eigenvalue weighted by atomic mass is 10.2. The Morgan fingerprint density at radius 2 is 1.96 bits per heavy atom. The molecule has 1 amide bonds. The minimum absolute atomic E-state index is 0.0846. The van der Waals surface area contributed by atoms with Gasteiger partial charge in [-0.25, -0.2) is 13.8 Å². The zero-order valence-corrected chi connectivity index (χ0v) is 16.4. The van der Waals surface area contributed by atoms with Gasteiger partial charge in [-0.1, -0.05) is 32.0 Å². The Morgan fingerprint density at radius 1 is 1.18 bits per heavy atom. The van der Waals surface area contributed by atoms with E-state index in [1.165, 1.54) is 17.4 Å². The molecule has 7 heteroatoms. The number of aromatic nitrogens is 1. The highest BCUT2D eigenvalue weighted by atomic mass is 32.1. The summed E-state index contributed by atoms with van der Waals surface area (Å²) < 4.78 is 32.2. The highest BCUT2D eigenvalue weighted by Crippen LogP contribution is 2.32. The van der Waals surface area contributed by atoms with Crippen molar-refractivity contribution in [1.82, 2.24) is 10.3 Å². The van der Waals surface area contributed by atoms with Crippen molar-refractivity contribution in [3.63, 3.8) is 0 Å². The number of ether oxygens (including phenoxy) is 1. The summed E-state index contributed by atoms with van der Waals surface area (Å²) >= 11 is 1.34. The van der Waals surface area contributed by atoms with Crippen LogP contribution in [0.5, 0.6) is 5.75 Å². The van der Waals surface area contributed by atoms with Crippen molar-refractivity contribution >= 4 is 17.2 Å². The topological polar surface area (TPSA) is 51.2 Å². The molecule has 0 aliphatic heterocycles. The van der Waals surface area contributed by atoms with Gasteiger partial charge in [-0.05, 0) is 35.7 Å². The van der Waals surface area contributed by atoms with Crippen LogP contribution >= 0.6 is 11.3 Å². The first-order valence-electron chi connectivity index (χ1n) is 8.84. The summed E-state index contributed by atoms with van der Waals surface area (Å²) in [7, 11) is 0. The van der Waals surface area contributed by atoms with E-state index in [0.717, 1.165) is 17.7 Å². The zero-order chi connectivity index (χ0) is 20.1. The molecule has 0 radical (unpaired) electrons. The van der Waals surface area contributed by atoms with E-state index in [1.807, 2.05) is 32.0 Å². The van der Waals surface area contributed by atoms with Gasteiger partial charge in [0.2, 0.25) is 0 Å². The third kappa shape index (κ3) is 4.92. The number of para-hydroxylation sites is 1. The standard InChI is InChI=1S/C21H20F2N2O2S/c1-13(2)10-24-20(26)18-12-28-21(25-18)15-5-3-4-6-19(15)27-11-14-7-8-16(22)17(23)9-14/h3-9,12-13H,10-11H2,1-2H3,(H,24,26). The molecule has 0 fully saturated rings. The third-order valence-electron chi connectivity index (χ3n) is 3.90. The number of rotatable bonds is 7. The fraction of sp³-hybridized carbons (Fsp3) is 0.238. The van der Waals surface area contributed by atoms with Crippen LogP contribution in [0.25, 0.3) is 10.6 Å². The smallest absolute Gasteiger partial charge is 0.270 e. The maximum atomic E-state index is 13.4. The summed E-state index contributed by atoms with van der Waals surface area (Å²) in [4.78, 5) is 16.6. The Morgan fingerprint density at radius 3 is 2.71 bits per heavy atom. The Bertz CT molecular complexity index is 973. The van der Waals surface area contributed by atoms with E-state index in [-0.39, 0.29) is 12.5 Å². The van der Waals surface area contributed by atoms with Gasteiger partial charge in [-0.2, -0.15) is 0 Å². The lowest BCUT2D eigenvalue weighted by Crippen LogP contribution is -2.27. The van der Waals surface area contributed by atoms with Gasteiger partial charge in [0, 0.05) is 11.9 Å². The van der Waals surface area contributed by atoms with Crippen molar-refractivity contribution in [2.24, 2.45) is 5.92 Å². The lowest BCUT2D eigenvalue weighted by Gasteiger charge is -2.10. The molecular formula is C21H20F2N2O2S. The third-order valence-corrected chi connectivity index (χ3v) is 4.78. The first-order chi connectivity index (χ1) is 13.4. The van der Waals surface area contributed by atoms with Gasteiger partial charge in [-0.15, -0.1) is 11.3 Å². The molecule has 146 valence electrons. The molecule has 3 aromatic rings. The SMILES string of the molecule is CC(C)CNC(=O)c1csc(-c2ccccc2OCc2ccc(F)c(F)c2)n1. The molecule has 1 heterocycles. The van der Waals surface area contributed by atoms with Crippen LogP contribution in [0.15, 0.2) is 47.8 Å². The van der Waals surface area contributed by atoms with Gasteiger partial charge < -0.3 is 10.1 Å². The van der Waals surface area contributed by atoms with Gasteiger partial charge in [0.05, 0.1) is 5.56 Å². The minimum Gasteiger partial charge on any atom is -0.488 e. The molecule has 28 heavy (non-hydrogen) atoms. The van der Waals surface area contributed by atoms with Crippen LogP contribution < -0.4 is 10.1 Å². The monoisotopic (exact) mass is 402 g/mol. The van der Waals surface area contributed by atoms with E-state index in [0.29, 0.717) is 34.5 Å². The second-order valence-corrected chi connectivity index (χ2v) is 7.53. The van der Waals surface area contributed by atoms with E-state index >= 15 is 0 Å². The Balaban J connectivity index is 1.75. The fourth-order valence-electron chi connectivity index (χ4n) is 2.45. The van der Waals surface area contributed by atoms with E-state index < -0.39 is 11.6 Å². The van der Waals surface area contributed by atoms with Crippen LogP contribution in [0.1, 0.15) is 29.9 Å². The fourth-order valence-corrected chi connectivity index (χ4v) is 3.28. The van der Waals surface area contributed by atoms with Crippen LogP contribution in [-0.4, -0.2) is 17.4 Å². The molecule has 3 rings (SSSR count). The van der Waals surface area contributed by atoms with E-state index in [2.05, 4.69) is 10.3 Å². The van der Waals surface area contributed by atoms with Crippen molar-refractivity contribution in [2.45, 2.75) is 20.5 Å². The molecule has 0 aliphatic rings. The average Bonchev–Trinajstić information content (AvgIpc) is 3.17. The maximum absolute atomic E-state index is 13.4. The van der Waals surface area contributed by atoms with Crippen LogP contribution in [0.4, 0.5) is 8.78 Å². The zero-order valence-electron chi connectivity index (χ0n) is 15.5. The number of thiazole rings is 1. The van der Waals surface area contributed by atoms with E-state index in [4.69, 9.17) is 4.74 Å². The van der Waals surface area contributed by atoms with Crippen molar-refractivity contribution in [2.75, 3.05) is 6.54 Å². The number of amides is 1. The van der Waals surface area contributed by atoms with Crippen LogP contribution in [0, 0.1) is 17.6 Å². The van der Waals surface area contributed by atoms with Crippen molar-refractivity contribution in [1.29, 1.82) is 0 Å². The summed E-state index contributed by atoms with van der Waals surface area (Å²) in [5.41, 5.74) is 1.61. The molecule has 1 aromatic heterocycles. The van der Waals surface area contributed by atoms with Crippen LogP contribution in [-0.2, 0) is 6.61 Å². The molecular weight excluding hydrogens is 382 g/mol. The van der Waals surface area contributed by atoms with E-state index in [1.54, 1.807) is 11.4 Å². The number of nitrogens with one attached hydrogen (secondary N) is 1. The Hall–Kier alpha value is -2.80. The van der Waals surface area contributed by atoms with Crippen LogP contribution in [0.2, 0.25) is 0 Å². The Kier molecular flexibility index (Phi) is 6.36. The van der Waals surface area contributed by atoms with Crippen molar-refractivity contribution < 1.29 is 18.3 Å². The normalized spacial score (nSPS) is 10.9. The first kappa shape index (κ1) is 19.9. The van der Waals surface area contributed by atoms with Crippen molar-refractivity contribution in [3.05, 3.63) is 70.7 Å². The van der Waals surface area contributed by atoms with E-state index in [9.17, 15) is 13.6 Å². The van der Waals surface area contributed by atoms with Gasteiger partial charge in [-0.3, -0.25) is 4.79 Å². The summed E-state index contributed by atoms with van der Waals surface area (Å²) in [6, 6.07) is 10.9. The second-order valence-electron chi connectivity index (χ2n) is 6.68. The molecule has 0 atom stereocenters. The quantitative estimate of drug-likeness (QED) is 0.601.